The highest BCUT2D eigenvalue weighted by Crippen LogP contribution is 2.28. The van der Waals surface area contributed by atoms with Crippen molar-refractivity contribution in [3.05, 3.63) is 58.6 Å². The first-order valence-electron chi connectivity index (χ1n) is 7.07. The second-order valence-corrected chi connectivity index (χ2v) is 7.60. The van der Waals surface area contributed by atoms with Gasteiger partial charge in [-0.2, -0.15) is 5.10 Å². The van der Waals surface area contributed by atoms with Crippen molar-refractivity contribution < 1.29 is 13.2 Å². The Kier molecular flexibility index (Phi) is 4.89. The fraction of sp³-hybridized carbons (Fsp3) is 0.0625. The first kappa shape index (κ1) is 17.6. The molecule has 25 heavy (non-hydrogen) atoms. The van der Waals surface area contributed by atoms with Crippen LogP contribution >= 0.6 is 23.2 Å². The third kappa shape index (κ3) is 3.89. The summed E-state index contributed by atoms with van der Waals surface area (Å²) in [5, 5.41) is 7.57. The molecule has 1 aromatic heterocycles. The summed E-state index contributed by atoms with van der Waals surface area (Å²) in [6, 6.07) is 12.9. The number of hydrogen-bond donors (Lipinski definition) is 2. The van der Waals surface area contributed by atoms with Crippen LogP contribution in [0.15, 0.2) is 53.4 Å². The SMILES string of the molecule is COc1ccc(S(=O)(=O)Nc2cc(-c3ccc(Cl)cc3)[nH]n2)cc1Cl. The highest BCUT2D eigenvalue weighted by Gasteiger charge is 2.18. The molecule has 1 heterocycles. The van der Waals surface area contributed by atoms with Gasteiger partial charge in [-0.25, -0.2) is 8.42 Å². The van der Waals surface area contributed by atoms with Crippen LogP contribution in [-0.4, -0.2) is 25.7 Å². The number of nitrogens with zero attached hydrogens (tertiary/aromatic N) is 1. The van der Waals surface area contributed by atoms with E-state index in [2.05, 4.69) is 14.9 Å². The maximum Gasteiger partial charge on any atom is 0.263 e. The van der Waals surface area contributed by atoms with E-state index >= 15 is 0 Å². The molecule has 0 aliphatic heterocycles. The van der Waals surface area contributed by atoms with Gasteiger partial charge in [-0.15, -0.1) is 0 Å². The minimum atomic E-state index is -3.83. The van der Waals surface area contributed by atoms with E-state index in [4.69, 9.17) is 27.9 Å². The minimum Gasteiger partial charge on any atom is -0.495 e. The van der Waals surface area contributed by atoms with Gasteiger partial charge < -0.3 is 4.74 Å². The summed E-state index contributed by atoms with van der Waals surface area (Å²) in [5.74, 6) is 0.558. The molecule has 0 fully saturated rings. The van der Waals surface area contributed by atoms with Crippen LogP contribution in [0.25, 0.3) is 11.3 Å². The number of hydrogen-bond acceptors (Lipinski definition) is 4. The van der Waals surface area contributed by atoms with E-state index in [1.807, 2.05) is 0 Å². The molecule has 130 valence electrons. The largest absolute Gasteiger partial charge is 0.495 e. The van der Waals surface area contributed by atoms with Crippen LogP contribution in [0, 0.1) is 0 Å². The molecule has 0 unspecified atom stereocenters. The molecule has 0 aliphatic rings. The number of methoxy groups -OCH3 is 1. The van der Waals surface area contributed by atoms with Crippen molar-refractivity contribution in [3.8, 4) is 17.0 Å². The number of sulfonamides is 1. The van der Waals surface area contributed by atoms with Crippen LogP contribution in [0.3, 0.4) is 0 Å². The van der Waals surface area contributed by atoms with Crippen molar-refractivity contribution in [2.24, 2.45) is 0 Å². The van der Waals surface area contributed by atoms with Crippen molar-refractivity contribution in [1.82, 2.24) is 10.2 Å². The molecule has 0 aliphatic carbocycles. The van der Waals surface area contributed by atoms with Gasteiger partial charge in [0.15, 0.2) is 5.82 Å². The van der Waals surface area contributed by atoms with E-state index in [0.717, 1.165) is 5.56 Å². The van der Waals surface area contributed by atoms with E-state index in [9.17, 15) is 8.42 Å². The molecule has 0 bridgehead atoms. The third-order valence-corrected chi connectivity index (χ3v) is 5.31. The lowest BCUT2D eigenvalue weighted by Crippen LogP contribution is -2.13. The highest BCUT2D eigenvalue weighted by atomic mass is 35.5. The third-order valence-electron chi connectivity index (χ3n) is 3.41. The van der Waals surface area contributed by atoms with Crippen LogP contribution in [0.2, 0.25) is 10.0 Å². The summed E-state index contributed by atoms with van der Waals surface area (Å²) in [7, 11) is -2.38. The number of H-pyrrole nitrogens is 1. The molecule has 2 aromatic carbocycles. The summed E-state index contributed by atoms with van der Waals surface area (Å²) in [5.41, 5.74) is 1.48. The molecule has 0 spiro atoms. The molecule has 3 aromatic rings. The van der Waals surface area contributed by atoms with Gasteiger partial charge in [-0.1, -0.05) is 35.3 Å². The van der Waals surface area contributed by atoms with Crippen molar-refractivity contribution in [3.63, 3.8) is 0 Å². The van der Waals surface area contributed by atoms with E-state index < -0.39 is 10.0 Å². The maximum atomic E-state index is 12.5. The Morgan fingerprint density at radius 1 is 1.08 bits per heavy atom. The molecule has 6 nitrogen and oxygen atoms in total. The number of halogens is 2. The van der Waals surface area contributed by atoms with Gasteiger partial charge in [0.05, 0.1) is 22.7 Å². The van der Waals surface area contributed by atoms with Crippen LogP contribution in [0.1, 0.15) is 0 Å². The van der Waals surface area contributed by atoms with Crippen LogP contribution < -0.4 is 9.46 Å². The zero-order chi connectivity index (χ0) is 18.0. The second-order valence-electron chi connectivity index (χ2n) is 5.08. The smallest absolute Gasteiger partial charge is 0.263 e. The van der Waals surface area contributed by atoms with Crippen molar-refractivity contribution in [2.45, 2.75) is 4.90 Å². The fourth-order valence-electron chi connectivity index (χ4n) is 2.16. The van der Waals surface area contributed by atoms with Gasteiger partial charge in [0, 0.05) is 11.1 Å². The van der Waals surface area contributed by atoms with Gasteiger partial charge in [0.25, 0.3) is 10.0 Å². The quantitative estimate of drug-likeness (QED) is 0.675. The highest BCUT2D eigenvalue weighted by molar-refractivity contribution is 7.92. The molecular formula is C16H13Cl2N3O3S. The summed E-state index contributed by atoms with van der Waals surface area (Å²) >= 11 is 11.8. The summed E-state index contributed by atoms with van der Waals surface area (Å²) in [4.78, 5) is 0.00865. The zero-order valence-corrected chi connectivity index (χ0v) is 15.3. The van der Waals surface area contributed by atoms with E-state index in [1.165, 1.54) is 25.3 Å². The molecule has 3 rings (SSSR count). The number of nitrogens with one attached hydrogen (secondary N) is 2. The zero-order valence-electron chi connectivity index (χ0n) is 13.0. The van der Waals surface area contributed by atoms with Crippen molar-refractivity contribution in [1.29, 1.82) is 0 Å². The summed E-state index contributed by atoms with van der Waals surface area (Å²) in [6.45, 7) is 0. The standard InChI is InChI=1S/C16H13Cl2N3O3S/c1-24-15-7-6-12(8-13(15)18)25(22,23)21-16-9-14(19-20-16)10-2-4-11(17)5-3-10/h2-9H,1H3,(H2,19,20,21). The fourth-order valence-corrected chi connectivity index (χ4v) is 3.63. The first-order chi connectivity index (χ1) is 11.9. The lowest BCUT2D eigenvalue weighted by atomic mass is 10.1. The Labute approximate surface area is 154 Å². The molecule has 2 N–H and O–H groups in total. The van der Waals surface area contributed by atoms with E-state index in [-0.39, 0.29) is 15.7 Å². The molecule has 0 amide bonds. The Balaban J connectivity index is 1.84. The number of aromatic amines is 1. The van der Waals surface area contributed by atoms with Gasteiger partial charge in [0.1, 0.15) is 5.75 Å². The average molecular weight is 398 g/mol. The Morgan fingerprint density at radius 3 is 2.44 bits per heavy atom. The van der Waals surface area contributed by atoms with Crippen molar-refractivity contribution in [2.75, 3.05) is 11.8 Å². The molecular weight excluding hydrogens is 385 g/mol. The second kappa shape index (κ2) is 6.95. The Bertz CT molecular complexity index is 1000. The minimum absolute atomic E-state index is 0.00865. The molecule has 0 atom stereocenters. The van der Waals surface area contributed by atoms with E-state index in [1.54, 1.807) is 30.3 Å². The van der Waals surface area contributed by atoms with Gasteiger partial charge in [-0.05, 0) is 35.9 Å². The average Bonchev–Trinajstić information content (AvgIpc) is 3.03. The molecule has 9 heteroatoms. The van der Waals surface area contributed by atoms with Crippen LogP contribution in [-0.2, 0) is 10.0 Å². The molecule has 0 saturated carbocycles. The number of rotatable bonds is 5. The van der Waals surface area contributed by atoms with E-state index in [0.29, 0.717) is 16.5 Å². The normalized spacial score (nSPS) is 11.3. The Hall–Kier alpha value is -2.22. The van der Waals surface area contributed by atoms with Crippen molar-refractivity contribution >= 4 is 39.0 Å². The first-order valence-corrected chi connectivity index (χ1v) is 9.30. The number of aromatic nitrogens is 2. The lowest BCUT2D eigenvalue weighted by Gasteiger charge is -2.07. The number of ether oxygens (including phenoxy) is 1. The number of benzene rings is 2. The number of anilines is 1. The van der Waals surface area contributed by atoms with Gasteiger partial charge in [0.2, 0.25) is 0 Å². The molecule has 0 radical (unpaired) electrons. The maximum absolute atomic E-state index is 12.5. The van der Waals surface area contributed by atoms with Gasteiger partial charge >= 0.3 is 0 Å². The topological polar surface area (TPSA) is 84.1 Å². The Morgan fingerprint density at radius 2 is 1.80 bits per heavy atom. The van der Waals surface area contributed by atoms with Crippen LogP contribution in [0.4, 0.5) is 5.82 Å². The van der Waals surface area contributed by atoms with Gasteiger partial charge in [-0.3, -0.25) is 9.82 Å². The lowest BCUT2D eigenvalue weighted by molar-refractivity contribution is 0.414. The summed E-state index contributed by atoms with van der Waals surface area (Å²) < 4.78 is 32.3. The monoisotopic (exact) mass is 397 g/mol. The predicted molar refractivity (Wildman–Crippen MR) is 97.8 cm³/mol. The summed E-state index contributed by atoms with van der Waals surface area (Å²) in [6.07, 6.45) is 0. The predicted octanol–water partition coefficient (Wildman–Crippen LogP) is 4.19. The van der Waals surface area contributed by atoms with Crippen LogP contribution in [0.5, 0.6) is 5.75 Å². The molecule has 0 saturated heterocycles.